The summed E-state index contributed by atoms with van der Waals surface area (Å²) in [5.41, 5.74) is 2.42. The topological polar surface area (TPSA) is 58.0 Å². The molecule has 0 radical (unpaired) electrons. The first-order valence-corrected chi connectivity index (χ1v) is 9.83. The average Bonchev–Trinajstić information content (AvgIpc) is 2.74. The molecule has 0 amide bonds. The molecular formula is C22H32N2O4+2. The second kappa shape index (κ2) is 10.3. The first-order chi connectivity index (χ1) is 13.7. The van der Waals surface area contributed by atoms with Crippen molar-refractivity contribution in [1.29, 1.82) is 0 Å². The Bertz CT molecular complexity index is 714. The average molecular weight is 389 g/mol. The number of quaternary nitrogens is 2. The van der Waals surface area contributed by atoms with E-state index in [0.29, 0.717) is 0 Å². The zero-order chi connectivity index (χ0) is 19.8. The lowest BCUT2D eigenvalue weighted by Gasteiger charge is -2.29. The molecule has 0 spiro atoms. The van der Waals surface area contributed by atoms with Gasteiger partial charge in [-0.2, -0.15) is 0 Å². The highest BCUT2D eigenvalue weighted by Gasteiger charge is 2.25. The third kappa shape index (κ3) is 5.38. The molecule has 2 aromatic carbocycles. The van der Waals surface area contributed by atoms with Crippen molar-refractivity contribution >= 4 is 0 Å². The van der Waals surface area contributed by atoms with Crippen molar-refractivity contribution < 1.29 is 29.2 Å². The fourth-order valence-corrected chi connectivity index (χ4v) is 3.74. The Morgan fingerprint density at radius 3 is 2.39 bits per heavy atom. The molecule has 0 aliphatic carbocycles. The van der Waals surface area contributed by atoms with Gasteiger partial charge >= 0.3 is 0 Å². The number of methoxy groups -OCH3 is 3. The van der Waals surface area contributed by atoms with Gasteiger partial charge < -0.3 is 29.2 Å². The van der Waals surface area contributed by atoms with Gasteiger partial charge in [-0.25, -0.2) is 0 Å². The minimum absolute atomic E-state index is 0.253. The molecule has 2 atom stereocenters. The van der Waals surface area contributed by atoms with E-state index in [9.17, 15) is 0 Å². The van der Waals surface area contributed by atoms with Crippen LogP contribution in [-0.2, 0) is 17.8 Å². The lowest BCUT2D eigenvalue weighted by molar-refractivity contribution is -0.927. The smallest absolute Gasteiger partial charge is 0.155 e. The Morgan fingerprint density at radius 2 is 1.75 bits per heavy atom. The summed E-state index contributed by atoms with van der Waals surface area (Å²) in [5.74, 6) is 2.30. The van der Waals surface area contributed by atoms with Crippen LogP contribution in [-0.4, -0.2) is 53.7 Å². The lowest BCUT2D eigenvalue weighted by Crippen LogP contribution is -3.14. The molecule has 0 aromatic heterocycles. The lowest BCUT2D eigenvalue weighted by atomic mass is 10.1. The Balaban J connectivity index is 1.54. The van der Waals surface area contributed by atoms with Gasteiger partial charge in [0.05, 0.1) is 33.5 Å². The number of rotatable bonds is 9. The number of morpholine rings is 1. The molecule has 1 saturated heterocycles. The van der Waals surface area contributed by atoms with Crippen LogP contribution < -0.4 is 24.4 Å². The van der Waals surface area contributed by atoms with Gasteiger partial charge in [-0.3, -0.25) is 0 Å². The molecule has 1 unspecified atom stereocenters. The summed E-state index contributed by atoms with van der Waals surface area (Å²) in [4.78, 5) is 1.58. The number of nitrogens with one attached hydrogen (secondary N) is 1. The SMILES string of the molecule is COc1cc(OC)c(C[NH2+]C[C@H]2C[NH+](Cc3ccccc3)CCO2)c(OC)c1. The molecule has 0 bridgehead atoms. The van der Waals surface area contributed by atoms with Crippen molar-refractivity contribution in [3.05, 3.63) is 53.6 Å². The molecule has 1 heterocycles. The minimum Gasteiger partial charge on any atom is -0.496 e. The summed E-state index contributed by atoms with van der Waals surface area (Å²) >= 11 is 0. The zero-order valence-electron chi connectivity index (χ0n) is 17.1. The van der Waals surface area contributed by atoms with Crippen LogP contribution in [0.4, 0.5) is 0 Å². The van der Waals surface area contributed by atoms with Gasteiger partial charge in [0.25, 0.3) is 0 Å². The van der Waals surface area contributed by atoms with E-state index in [1.807, 2.05) is 12.1 Å². The molecule has 3 rings (SSSR count). The number of benzene rings is 2. The van der Waals surface area contributed by atoms with Crippen molar-refractivity contribution in [3.8, 4) is 17.2 Å². The van der Waals surface area contributed by atoms with Crippen LogP contribution in [0.3, 0.4) is 0 Å². The predicted octanol–water partition coefficient (Wildman–Crippen LogP) is 0.260. The van der Waals surface area contributed by atoms with E-state index in [4.69, 9.17) is 18.9 Å². The van der Waals surface area contributed by atoms with Crippen molar-refractivity contribution in [2.24, 2.45) is 0 Å². The summed E-state index contributed by atoms with van der Waals surface area (Å²) in [6, 6.07) is 14.5. The maximum Gasteiger partial charge on any atom is 0.155 e. The van der Waals surface area contributed by atoms with E-state index in [-0.39, 0.29) is 6.10 Å². The van der Waals surface area contributed by atoms with Crippen LogP contribution in [0, 0.1) is 0 Å². The zero-order valence-corrected chi connectivity index (χ0v) is 17.1. The van der Waals surface area contributed by atoms with Crippen LogP contribution in [0.15, 0.2) is 42.5 Å². The van der Waals surface area contributed by atoms with Crippen molar-refractivity contribution in [2.75, 3.05) is 47.6 Å². The molecule has 1 aliphatic rings. The van der Waals surface area contributed by atoms with Gasteiger partial charge in [0.2, 0.25) is 0 Å². The van der Waals surface area contributed by atoms with Gasteiger partial charge in [-0.15, -0.1) is 0 Å². The first-order valence-electron chi connectivity index (χ1n) is 9.83. The van der Waals surface area contributed by atoms with Crippen LogP contribution in [0.2, 0.25) is 0 Å². The van der Waals surface area contributed by atoms with Gasteiger partial charge in [0.15, 0.2) is 6.10 Å². The first kappa shape index (κ1) is 20.5. The molecule has 1 aliphatic heterocycles. The molecular weight excluding hydrogens is 356 g/mol. The van der Waals surface area contributed by atoms with Crippen molar-refractivity contribution in [3.63, 3.8) is 0 Å². The number of hydrogen-bond acceptors (Lipinski definition) is 4. The van der Waals surface area contributed by atoms with E-state index < -0.39 is 0 Å². The molecule has 6 nitrogen and oxygen atoms in total. The maximum absolute atomic E-state index is 6.00. The van der Waals surface area contributed by atoms with Gasteiger partial charge in [0.1, 0.15) is 50.0 Å². The van der Waals surface area contributed by atoms with Crippen LogP contribution >= 0.6 is 0 Å². The summed E-state index contributed by atoms with van der Waals surface area (Å²) in [7, 11) is 4.99. The fourth-order valence-electron chi connectivity index (χ4n) is 3.74. The van der Waals surface area contributed by atoms with E-state index in [2.05, 4.69) is 35.6 Å². The molecule has 3 N–H and O–H groups in total. The highest BCUT2D eigenvalue weighted by Crippen LogP contribution is 2.33. The van der Waals surface area contributed by atoms with Crippen LogP contribution in [0.5, 0.6) is 17.2 Å². The van der Waals surface area contributed by atoms with E-state index in [1.54, 1.807) is 26.2 Å². The normalized spacial score (nSPS) is 19.2. The largest absolute Gasteiger partial charge is 0.496 e. The Kier molecular flexibility index (Phi) is 7.54. The van der Waals surface area contributed by atoms with Gasteiger partial charge in [-0.1, -0.05) is 30.3 Å². The number of nitrogens with two attached hydrogens (primary N) is 1. The summed E-state index contributed by atoms with van der Waals surface area (Å²) < 4.78 is 22.4. The highest BCUT2D eigenvalue weighted by molar-refractivity contribution is 5.50. The fraction of sp³-hybridized carbons (Fsp3) is 0.455. The van der Waals surface area contributed by atoms with E-state index in [1.165, 1.54) is 5.56 Å². The van der Waals surface area contributed by atoms with Gasteiger partial charge in [-0.05, 0) is 0 Å². The van der Waals surface area contributed by atoms with Crippen LogP contribution in [0.1, 0.15) is 11.1 Å². The van der Waals surface area contributed by atoms with Gasteiger partial charge in [0, 0.05) is 17.7 Å². The van der Waals surface area contributed by atoms with E-state index >= 15 is 0 Å². The molecule has 28 heavy (non-hydrogen) atoms. The minimum atomic E-state index is 0.253. The maximum atomic E-state index is 6.00. The predicted molar refractivity (Wildman–Crippen MR) is 107 cm³/mol. The quantitative estimate of drug-likeness (QED) is 0.647. The second-order valence-corrected chi connectivity index (χ2v) is 7.10. The molecule has 1 fully saturated rings. The Morgan fingerprint density at radius 1 is 1.04 bits per heavy atom. The molecule has 6 heteroatoms. The second-order valence-electron chi connectivity index (χ2n) is 7.10. The summed E-state index contributed by atoms with van der Waals surface area (Å²) in [6.45, 7) is 5.64. The summed E-state index contributed by atoms with van der Waals surface area (Å²) in [5, 5.41) is 2.27. The van der Waals surface area contributed by atoms with E-state index in [0.717, 1.165) is 62.1 Å². The van der Waals surface area contributed by atoms with Crippen molar-refractivity contribution in [2.45, 2.75) is 19.2 Å². The van der Waals surface area contributed by atoms with Crippen molar-refractivity contribution in [1.82, 2.24) is 0 Å². The Hall–Kier alpha value is -2.28. The molecule has 152 valence electrons. The molecule has 0 saturated carbocycles. The highest BCUT2D eigenvalue weighted by atomic mass is 16.5. The standard InChI is InChI=1S/C22H30N2O4/c1-25-18-11-21(26-2)20(22(12-18)27-3)14-23-13-19-16-24(9-10-28-19)15-17-7-5-4-6-8-17/h4-8,11-12,19,23H,9-10,13-16H2,1-3H3/p+2/t19-/m0/s1. The molecule has 2 aromatic rings. The summed E-state index contributed by atoms with van der Waals surface area (Å²) in [6.07, 6.45) is 0.253. The Labute approximate surface area is 167 Å². The number of hydrogen-bond donors (Lipinski definition) is 2. The monoisotopic (exact) mass is 388 g/mol. The number of ether oxygens (including phenoxy) is 4. The van der Waals surface area contributed by atoms with Crippen LogP contribution in [0.25, 0.3) is 0 Å². The third-order valence-corrected chi connectivity index (χ3v) is 5.22. The third-order valence-electron chi connectivity index (χ3n) is 5.22.